The molecule has 2 N–H and O–H groups in total. The number of nitrogens with one attached hydrogen (secondary N) is 2. The summed E-state index contributed by atoms with van der Waals surface area (Å²) >= 11 is 0. The van der Waals surface area contributed by atoms with Crippen molar-refractivity contribution in [3.05, 3.63) is 53.9 Å². The minimum atomic E-state index is -0.453. The summed E-state index contributed by atoms with van der Waals surface area (Å²) in [5, 5.41) is 13.4. The molecule has 0 spiro atoms. The number of aromatic nitrogens is 3. The zero-order valence-electron chi connectivity index (χ0n) is 17.6. The molecule has 2 amide bonds. The molecule has 10 heteroatoms. The molecule has 0 saturated carbocycles. The van der Waals surface area contributed by atoms with Crippen LogP contribution in [0.5, 0.6) is 17.2 Å². The first kappa shape index (κ1) is 21.6. The Labute approximate surface area is 179 Å². The van der Waals surface area contributed by atoms with Crippen molar-refractivity contribution < 1.29 is 23.8 Å². The van der Waals surface area contributed by atoms with E-state index in [-0.39, 0.29) is 18.1 Å². The number of hydrogen-bond donors (Lipinski definition) is 2. The normalized spacial score (nSPS) is 10.3. The topological polar surface area (TPSA) is 117 Å². The van der Waals surface area contributed by atoms with E-state index in [9.17, 15) is 9.59 Å². The molecule has 10 nitrogen and oxygen atoms in total. The number of benzene rings is 2. The van der Waals surface area contributed by atoms with Crippen LogP contribution in [0, 0.1) is 6.92 Å². The van der Waals surface area contributed by atoms with Gasteiger partial charge >= 0.3 is 0 Å². The second-order valence-corrected chi connectivity index (χ2v) is 6.49. The number of methoxy groups -OCH3 is 3. The summed E-state index contributed by atoms with van der Waals surface area (Å²) in [6, 6.07) is 12.1. The largest absolute Gasteiger partial charge is 0.497 e. The molecule has 1 aromatic heterocycles. The van der Waals surface area contributed by atoms with Crippen LogP contribution in [0.2, 0.25) is 0 Å². The van der Waals surface area contributed by atoms with Gasteiger partial charge in [0.05, 0.1) is 32.7 Å². The van der Waals surface area contributed by atoms with Gasteiger partial charge in [-0.05, 0) is 19.1 Å². The molecule has 1 heterocycles. The quantitative estimate of drug-likeness (QED) is 0.569. The van der Waals surface area contributed by atoms with E-state index in [0.29, 0.717) is 34.3 Å². The highest BCUT2D eigenvalue weighted by atomic mass is 16.5. The maximum Gasteiger partial charge on any atom is 0.278 e. The number of para-hydroxylation sites is 2. The first-order valence-corrected chi connectivity index (χ1v) is 9.32. The minimum absolute atomic E-state index is 0.113. The molecule has 162 valence electrons. The predicted octanol–water partition coefficient (Wildman–Crippen LogP) is 2.50. The van der Waals surface area contributed by atoms with E-state index in [1.54, 1.807) is 49.4 Å². The Kier molecular flexibility index (Phi) is 6.71. The molecule has 2 aromatic carbocycles. The Morgan fingerprint density at radius 1 is 0.968 bits per heavy atom. The van der Waals surface area contributed by atoms with E-state index >= 15 is 0 Å². The third-order valence-corrected chi connectivity index (χ3v) is 4.48. The van der Waals surface area contributed by atoms with Gasteiger partial charge in [0.15, 0.2) is 5.69 Å². The first-order chi connectivity index (χ1) is 14.9. The molecule has 0 aliphatic heterocycles. The van der Waals surface area contributed by atoms with Crippen LogP contribution in [0.15, 0.2) is 42.5 Å². The number of anilines is 2. The van der Waals surface area contributed by atoms with Gasteiger partial charge in [-0.3, -0.25) is 9.59 Å². The summed E-state index contributed by atoms with van der Waals surface area (Å²) < 4.78 is 17.0. The molecule has 0 unspecified atom stereocenters. The molecule has 3 rings (SSSR count). The lowest BCUT2D eigenvalue weighted by molar-refractivity contribution is -0.117. The average molecular weight is 425 g/mol. The Balaban J connectivity index is 1.70. The van der Waals surface area contributed by atoms with E-state index in [1.807, 2.05) is 0 Å². The molecule has 0 fully saturated rings. The van der Waals surface area contributed by atoms with Crippen molar-refractivity contribution in [1.82, 2.24) is 15.0 Å². The molecule has 0 atom stereocenters. The summed E-state index contributed by atoms with van der Waals surface area (Å²) in [5.41, 5.74) is 1.58. The van der Waals surface area contributed by atoms with Gasteiger partial charge in [0, 0.05) is 23.9 Å². The van der Waals surface area contributed by atoms with E-state index in [0.717, 1.165) is 0 Å². The second kappa shape index (κ2) is 9.61. The SMILES string of the molecule is COc1cc(NC(=O)Cn2nnc(C(=O)Nc3ccccc3OC)c2C)cc(OC)c1. The van der Waals surface area contributed by atoms with Crippen molar-refractivity contribution in [2.75, 3.05) is 32.0 Å². The lowest BCUT2D eigenvalue weighted by Crippen LogP contribution is -2.21. The molecule has 0 aliphatic rings. The smallest absolute Gasteiger partial charge is 0.278 e. The highest BCUT2D eigenvalue weighted by Gasteiger charge is 2.19. The third kappa shape index (κ3) is 5.10. The molecule has 0 aliphatic carbocycles. The summed E-state index contributed by atoms with van der Waals surface area (Å²) in [7, 11) is 4.57. The van der Waals surface area contributed by atoms with Crippen molar-refractivity contribution in [2.24, 2.45) is 0 Å². The van der Waals surface area contributed by atoms with Crippen LogP contribution in [-0.2, 0) is 11.3 Å². The molecule has 0 radical (unpaired) electrons. The zero-order chi connectivity index (χ0) is 22.4. The fourth-order valence-corrected chi connectivity index (χ4v) is 2.87. The van der Waals surface area contributed by atoms with Gasteiger partial charge in [0.2, 0.25) is 5.91 Å². The molecule has 0 bridgehead atoms. The summed E-state index contributed by atoms with van der Waals surface area (Å²) in [5.74, 6) is 0.809. The van der Waals surface area contributed by atoms with Crippen molar-refractivity contribution in [3.63, 3.8) is 0 Å². The minimum Gasteiger partial charge on any atom is -0.497 e. The van der Waals surface area contributed by atoms with Crippen LogP contribution in [0.1, 0.15) is 16.2 Å². The van der Waals surface area contributed by atoms with Crippen molar-refractivity contribution >= 4 is 23.2 Å². The fraction of sp³-hybridized carbons (Fsp3) is 0.238. The fourth-order valence-electron chi connectivity index (χ4n) is 2.87. The van der Waals surface area contributed by atoms with Gasteiger partial charge in [-0.2, -0.15) is 0 Å². The standard InChI is InChI=1S/C21H23N5O5/c1-13-20(21(28)23-17-7-5-6-8-18(17)31-4)24-25-26(13)12-19(27)22-14-9-15(29-2)11-16(10-14)30-3/h5-11H,12H2,1-4H3,(H,22,27)(H,23,28). The van der Waals surface area contributed by atoms with Crippen molar-refractivity contribution in [2.45, 2.75) is 13.5 Å². The number of carbonyl (C=O) groups excluding carboxylic acids is 2. The van der Waals surface area contributed by atoms with E-state index in [2.05, 4.69) is 20.9 Å². The van der Waals surface area contributed by atoms with E-state index in [1.165, 1.54) is 26.0 Å². The highest BCUT2D eigenvalue weighted by Crippen LogP contribution is 2.26. The number of carbonyl (C=O) groups is 2. The van der Waals surface area contributed by atoms with Crippen molar-refractivity contribution in [1.29, 1.82) is 0 Å². The summed E-state index contributed by atoms with van der Waals surface area (Å²) in [4.78, 5) is 25.1. The number of amides is 2. The van der Waals surface area contributed by atoms with Crippen LogP contribution in [0.4, 0.5) is 11.4 Å². The van der Waals surface area contributed by atoms with Gasteiger partial charge in [-0.1, -0.05) is 17.3 Å². The van der Waals surface area contributed by atoms with Crippen LogP contribution < -0.4 is 24.8 Å². The number of ether oxygens (including phenoxy) is 3. The van der Waals surface area contributed by atoms with Gasteiger partial charge in [-0.25, -0.2) is 4.68 Å². The molecule has 3 aromatic rings. The number of rotatable bonds is 8. The highest BCUT2D eigenvalue weighted by molar-refractivity contribution is 6.04. The van der Waals surface area contributed by atoms with Crippen LogP contribution in [0.3, 0.4) is 0 Å². The summed E-state index contributed by atoms with van der Waals surface area (Å²) in [6.45, 7) is 1.54. The molecular weight excluding hydrogens is 402 g/mol. The van der Waals surface area contributed by atoms with Crippen LogP contribution >= 0.6 is 0 Å². The van der Waals surface area contributed by atoms with Crippen LogP contribution in [0.25, 0.3) is 0 Å². The lowest BCUT2D eigenvalue weighted by atomic mass is 10.2. The first-order valence-electron chi connectivity index (χ1n) is 9.32. The average Bonchev–Trinajstić information content (AvgIpc) is 3.13. The van der Waals surface area contributed by atoms with Crippen LogP contribution in [-0.4, -0.2) is 48.1 Å². The second-order valence-electron chi connectivity index (χ2n) is 6.49. The predicted molar refractivity (Wildman–Crippen MR) is 114 cm³/mol. The molecule has 31 heavy (non-hydrogen) atoms. The zero-order valence-corrected chi connectivity index (χ0v) is 17.6. The monoisotopic (exact) mass is 425 g/mol. The van der Waals surface area contributed by atoms with Gasteiger partial charge in [-0.15, -0.1) is 5.10 Å². The van der Waals surface area contributed by atoms with Gasteiger partial charge < -0.3 is 24.8 Å². The van der Waals surface area contributed by atoms with Crippen molar-refractivity contribution in [3.8, 4) is 17.2 Å². The molecular formula is C21H23N5O5. The third-order valence-electron chi connectivity index (χ3n) is 4.48. The van der Waals surface area contributed by atoms with E-state index < -0.39 is 5.91 Å². The Morgan fingerprint density at radius 2 is 1.65 bits per heavy atom. The lowest BCUT2D eigenvalue weighted by Gasteiger charge is -2.10. The van der Waals surface area contributed by atoms with E-state index in [4.69, 9.17) is 14.2 Å². The summed E-state index contributed by atoms with van der Waals surface area (Å²) in [6.07, 6.45) is 0. The number of hydrogen-bond acceptors (Lipinski definition) is 7. The molecule has 0 saturated heterocycles. The van der Waals surface area contributed by atoms with Gasteiger partial charge in [0.25, 0.3) is 5.91 Å². The maximum absolute atomic E-state index is 12.6. The Morgan fingerprint density at radius 3 is 2.29 bits per heavy atom. The maximum atomic E-state index is 12.6. The Hall–Kier alpha value is -4.08. The number of nitrogens with zero attached hydrogens (tertiary/aromatic N) is 3. The Bertz CT molecular complexity index is 1070. The van der Waals surface area contributed by atoms with Gasteiger partial charge in [0.1, 0.15) is 23.8 Å².